The van der Waals surface area contributed by atoms with Crippen LogP contribution in [0.5, 0.6) is 0 Å². The summed E-state index contributed by atoms with van der Waals surface area (Å²) in [5.74, 6) is 1.71. The largest absolute Gasteiger partial charge is 0.330 e. The van der Waals surface area contributed by atoms with Crippen LogP contribution < -0.4 is 11.1 Å². The van der Waals surface area contributed by atoms with E-state index in [2.05, 4.69) is 12.2 Å². The molecule has 0 aliphatic heterocycles. The molecule has 0 amide bonds. The first-order valence-electron chi connectivity index (χ1n) is 5.77. The maximum absolute atomic E-state index is 5.62. The zero-order valence-corrected chi connectivity index (χ0v) is 8.89. The van der Waals surface area contributed by atoms with E-state index in [1.165, 1.54) is 38.6 Å². The van der Waals surface area contributed by atoms with E-state index in [0.717, 1.165) is 19.0 Å². The van der Waals surface area contributed by atoms with Crippen LogP contribution in [-0.2, 0) is 0 Å². The van der Waals surface area contributed by atoms with E-state index in [0.29, 0.717) is 5.92 Å². The molecule has 3 N–H and O–H groups in total. The van der Waals surface area contributed by atoms with Crippen LogP contribution in [0.25, 0.3) is 0 Å². The molecule has 0 radical (unpaired) electrons. The number of nitrogens with two attached hydrogens (primary N) is 1. The van der Waals surface area contributed by atoms with Crippen LogP contribution in [0.1, 0.15) is 39.0 Å². The highest BCUT2D eigenvalue weighted by Crippen LogP contribution is 2.28. The quantitative estimate of drug-likeness (QED) is 0.592. The normalized spacial score (nSPS) is 19.8. The average molecular weight is 184 g/mol. The van der Waals surface area contributed by atoms with Gasteiger partial charge in [0.2, 0.25) is 0 Å². The molecule has 0 spiro atoms. The van der Waals surface area contributed by atoms with Crippen LogP contribution in [0.4, 0.5) is 0 Å². The van der Waals surface area contributed by atoms with Gasteiger partial charge >= 0.3 is 0 Å². The topological polar surface area (TPSA) is 38.0 Å². The van der Waals surface area contributed by atoms with Gasteiger partial charge in [0.1, 0.15) is 0 Å². The van der Waals surface area contributed by atoms with Crippen molar-refractivity contribution in [1.29, 1.82) is 0 Å². The molecule has 0 heterocycles. The summed E-state index contributed by atoms with van der Waals surface area (Å²) < 4.78 is 0. The van der Waals surface area contributed by atoms with Crippen molar-refractivity contribution in [3.8, 4) is 0 Å². The van der Waals surface area contributed by atoms with Gasteiger partial charge in [-0.15, -0.1) is 0 Å². The minimum absolute atomic E-state index is 0.682. The standard InChI is InChI=1S/C11H24N2/c1-2-10(8-12)9-13-7-6-11-4-3-5-11/h10-11,13H,2-9,12H2,1H3. The predicted octanol–water partition coefficient (Wildman–Crippen LogP) is 1.75. The van der Waals surface area contributed by atoms with E-state index in [4.69, 9.17) is 5.73 Å². The highest BCUT2D eigenvalue weighted by Gasteiger charge is 2.16. The molecule has 0 bridgehead atoms. The zero-order valence-electron chi connectivity index (χ0n) is 8.89. The number of hydrogen-bond donors (Lipinski definition) is 2. The molecule has 1 aliphatic rings. The molecular formula is C11H24N2. The molecule has 13 heavy (non-hydrogen) atoms. The Morgan fingerprint density at radius 1 is 1.46 bits per heavy atom. The lowest BCUT2D eigenvalue weighted by molar-refractivity contribution is 0.289. The molecular weight excluding hydrogens is 160 g/mol. The molecule has 0 aromatic heterocycles. The maximum atomic E-state index is 5.62. The Morgan fingerprint density at radius 3 is 2.69 bits per heavy atom. The van der Waals surface area contributed by atoms with Crippen LogP contribution in [0.3, 0.4) is 0 Å². The molecule has 0 saturated heterocycles. The molecule has 2 nitrogen and oxygen atoms in total. The smallest absolute Gasteiger partial charge is 0.000856 e. The highest BCUT2D eigenvalue weighted by atomic mass is 14.9. The van der Waals surface area contributed by atoms with Gasteiger partial charge in [0.25, 0.3) is 0 Å². The molecule has 1 unspecified atom stereocenters. The van der Waals surface area contributed by atoms with Gasteiger partial charge < -0.3 is 11.1 Å². The number of nitrogens with one attached hydrogen (secondary N) is 1. The van der Waals surface area contributed by atoms with Crippen LogP contribution in [0, 0.1) is 11.8 Å². The Hall–Kier alpha value is -0.0800. The van der Waals surface area contributed by atoms with Crippen molar-refractivity contribution in [3.05, 3.63) is 0 Å². The Labute approximate surface area is 82.3 Å². The molecule has 0 aromatic carbocycles. The molecule has 1 fully saturated rings. The summed E-state index contributed by atoms with van der Waals surface area (Å²) >= 11 is 0. The second-order valence-corrected chi connectivity index (χ2v) is 4.30. The first-order valence-corrected chi connectivity index (χ1v) is 5.77. The monoisotopic (exact) mass is 184 g/mol. The summed E-state index contributed by atoms with van der Waals surface area (Å²) in [6.07, 6.45) is 6.98. The third-order valence-corrected chi connectivity index (χ3v) is 3.30. The lowest BCUT2D eigenvalue weighted by Gasteiger charge is -2.25. The molecule has 1 atom stereocenters. The van der Waals surface area contributed by atoms with E-state index < -0.39 is 0 Å². The van der Waals surface area contributed by atoms with E-state index in [1.807, 2.05) is 0 Å². The van der Waals surface area contributed by atoms with Crippen molar-refractivity contribution in [2.45, 2.75) is 39.0 Å². The summed E-state index contributed by atoms with van der Waals surface area (Å²) in [7, 11) is 0. The SMILES string of the molecule is CCC(CN)CNCCC1CCC1. The summed E-state index contributed by atoms with van der Waals surface area (Å²) in [4.78, 5) is 0. The fraction of sp³-hybridized carbons (Fsp3) is 1.00. The van der Waals surface area contributed by atoms with Gasteiger partial charge in [-0.1, -0.05) is 32.6 Å². The van der Waals surface area contributed by atoms with E-state index in [-0.39, 0.29) is 0 Å². The number of rotatable bonds is 7. The third kappa shape index (κ3) is 4.10. The zero-order chi connectivity index (χ0) is 9.52. The second kappa shape index (κ2) is 6.39. The van der Waals surface area contributed by atoms with Crippen molar-refractivity contribution in [1.82, 2.24) is 5.32 Å². The van der Waals surface area contributed by atoms with Crippen LogP contribution >= 0.6 is 0 Å². The summed E-state index contributed by atoms with van der Waals surface area (Å²) in [5, 5.41) is 3.51. The molecule has 2 heteroatoms. The fourth-order valence-electron chi connectivity index (χ4n) is 1.79. The van der Waals surface area contributed by atoms with Crippen molar-refractivity contribution in [2.75, 3.05) is 19.6 Å². The minimum Gasteiger partial charge on any atom is -0.330 e. The molecule has 0 aromatic rings. The summed E-state index contributed by atoms with van der Waals surface area (Å²) in [5.41, 5.74) is 5.62. The molecule has 1 aliphatic carbocycles. The maximum Gasteiger partial charge on any atom is -0.000856 e. The van der Waals surface area contributed by atoms with Crippen molar-refractivity contribution in [3.63, 3.8) is 0 Å². The Balaban J connectivity index is 1.87. The van der Waals surface area contributed by atoms with Crippen LogP contribution in [-0.4, -0.2) is 19.6 Å². The predicted molar refractivity (Wildman–Crippen MR) is 57.7 cm³/mol. The first-order chi connectivity index (χ1) is 6.36. The Bertz CT molecular complexity index is 117. The Kier molecular flexibility index (Phi) is 5.40. The lowest BCUT2D eigenvalue weighted by atomic mass is 9.83. The fourth-order valence-corrected chi connectivity index (χ4v) is 1.79. The molecule has 78 valence electrons. The van der Waals surface area contributed by atoms with E-state index in [9.17, 15) is 0 Å². The lowest BCUT2D eigenvalue weighted by Crippen LogP contribution is -2.29. The Morgan fingerprint density at radius 2 is 2.23 bits per heavy atom. The molecule has 1 saturated carbocycles. The van der Waals surface area contributed by atoms with Gasteiger partial charge in [0, 0.05) is 0 Å². The van der Waals surface area contributed by atoms with Gasteiger partial charge in [-0.05, 0) is 37.9 Å². The van der Waals surface area contributed by atoms with Crippen molar-refractivity contribution >= 4 is 0 Å². The van der Waals surface area contributed by atoms with Crippen molar-refractivity contribution < 1.29 is 0 Å². The van der Waals surface area contributed by atoms with E-state index in [1.54, 1.807) is 0 Å². The van der Waals surface area contributed by atoms with Crippen LogP contribution in [0.2, 0.25) is 0 Å². The second-order valence-electron chi connectivity index (χ2n) is 4.30. The van der Waals surface area contributed by atoms with Crippen molar-refractivity contribution in [2.24, 2.45) is 17.6 Å². The van der Waals surface area contributed by atoms with Gasteiger partial charge in [0.15, 0.2) is 0 Å². The van der Waals surface area contributed by atoms with Gasteiger partial charge in [-0.2, -0.15) is 0 Å². The summed E-state index contributed by atoms with van der Waals surface area (Å²) in [6, 6.07) is 0. The van der Waals surface area contributed by atoms with E-state index >= 15 is 0 Å². The highest BCUT2D eigenvalue weighted by molar-refractivity contribution is 4.70. The molecule has 1 rings (SSSR count). The first kappa shape index (κ1) is 11.0. The minimum atomic E-state index is 0.682. The van der Waals surface area contributed by atoms with Gasteiger partial charge in [-0.3, -0.25) is 0 Å². The van der Waals surface area contributed by atoms with Gasteiger partial charge in [-0.25, -0.2) is 0 Å². The number of hydrogen-bond acceptors (Lipinski definition) is 2. The van der Waals surface area contributed by atoms with Crippen LogP contribution in [0.15, 0.2) is 0 Å². The summed E-state index contributed by atoms with van der Waals surface area (Å²) in [6.45, 7) is 5.35. The average Bonchev–Trinajstić information content (AvgIpc) is 2.08. The van der Waals surface area contributed by atoms with Gasteiger partial charge in [0.05, 0.1) is 0 Å². The third-order valence-electron chi connectivity index (χ3n) is 3.30.